The zero-order valence-electron chi connectivity index (χ0n) is 11.9. The Morgan fingerprint density at radius 3 is 2.32 bits per heavy atom. The second kappa shape index (κ2) is 5.02. The summed E-state index contributed by atoms with van der Waals surface area (Å²) >= 11 is 0. The van der Waals surface area contributed by atoms with Gasteiger partial charge in [0.1, 0.15) is 6.04 Å². The third-order valence-corrected chi connectivity index (χ3v) is 4.44. The number of carboxylic acids is 1. The predicted octanol–water partition coefficient (Wildman–Crippen LogP) is 1.97. The van der Waals surface area contributed by atoms with Crippen LogP contribution >= 0.6 is 0 Å². The first-order valence-electron chi connectivity index (χ1n) is 7.07. The lowest BCUT2D eigenvalue weighted by Crippen LogP contribution is -2.54. The summed E-state index contributed by atoms with van der Waals surface area (Å²) in [6, 6.07) is -0.987. The van der Waals surface area contributed by atoms with Gasteiger partial charge in [-0.2, -0.15) is 0 Å². The molecule has 3 N–H and O–H groups in total. The molecule has 2 fully saturated rings. The smallest absolute Gasteiger partial charge is 0.326 e. The Hall–Kier alpha value is -1.26. The maximum Gasteiger partial charge on any atom is 0.326 e. The van der Waals surface area contributed by atoms with Gasteiger partial charge in [0.15, 0.2) is 0 Å². The molecule has 0 aromatic rings. The SMILES string of the molecule is CC(C)(C)[C@H](NC(=O)NC1CC2CCC1C2)C(=O)O. The topological polar surface area (TPSA) is 78.4 Å². The molecule has 4 atom stereocenters. The number of rotatable bonds is 3. The zero-order valence-corrected chi connectivity index (χ0v) is 11.9. The van der Waals surface area contributed by atoms with E-state index in [0.717, 1.165) is 12.3 Å². The molecule has 2 aliphatic rings. The fraction of sp³-hybridized carbons (Fsp3) is 0.857. The van der Waals surface area contributed by atoms with E-state index in [-0.39, 0.29) is 12.1 Å². The Bertz CT molecular complexity index is 375. The highest BCUT2D eigenvalue weighted by Gasteiger charge is 2.41. The van der Waals surface area contributed by atoms with Crippen LogP contribution < -0.4 is 10.6 Å². The summed E-state index contributed by atoms with van der Waals surface area (Å²) in [5.74, 6) is 0.359. The Balaban J connectivity index is 1.88. The minimum Gasteiger partial charge on any atom is -0.480 e. The lowest BCUT2D eigenvalue weighted by Gasteiger charge is -2.29. The Morgan fingerprint density at radius 1 is 1.21 bits per heavy atom. The van der Waals surface area contributed by atoms with Crippen molar-refractivity contribution in [3.63, 3.8) is 0 Å². The van der Waals surface area contributed by atoms with E-state index in [0.29, 0.717) is 5.92 Å². The Morgan fingerprint density at radius 2 is 1.89 bits per heavy atom. The van der Waals surface area contributed by atoms with Gasteiger partial charge in [-0.1, -0.05) is 27.2 Å². The lowest BCUT2D eigenvalue weighted by atomic mass is 9.87. The van der Waals surface area contributed by atoms with E-state index >= 15 is 0 Å². The van der Waals surface area contributed by atoms with Crippen molar-refractivity contribution >= 4 is 12.0 Å². The van der Waals surface area contributed by atoms with Crippen molar-refractivity contribution in [2.75, 3.05) is 0 Å². The Kier molecular flexibility index (Phi) is 3.74. The average Bonchev–Trinajstić information content (AvgIpc) is 2.85. The molecule has 0 heterocycles. The van der Waals surface area contributed by atoms with Gasteiger partial charge in [0.2, 0.25) is 0 Å². The zero-order chi connectivity index (χ0) is 14.2. The second-order valence-electron chi connectivity index (χ2n) is 7.04. The number of hydrogen-bond acceptors (Lipinski definition) is 2. The van der Waals surface area contributed by atoms with Gasteiger partial charge < -0.3 is 15.7 Å². The van der Waals surface area contributed by atoms with Crippen LogP contribution in [0.4, 0.5) is 4.79 Å². The standard InChI is InChI=1S/C14H24N2O3/c1-14(2,3)11(12(17)18)16-13(19)15-10-7-8-4-5-9(10)6-8/h8-11H,4-7H2,1-3H3,(H,17,18)(H2,15,16,19)/t8?,9?,10?,11-/m1/s1. The summed E-state index contributed by atoms with van der Waals surface area (Å²) in [5.41, 5.74) is -0.502. The summed E-state index contributed by atoms with van der Waals surface area (Å²) in [7, 11) is 0. The molecule has 0 aromatic carbocycles. The van der Waals surface area contributed by atoms with Crippen LogP contribution in [0, 0.1) is 17.3 Å². The largest absolute Gasteiger partial charge is 0.480 e. The van der Waals surface area contributed by atoms with Crippen LogP contribution in [0.25, 0.3) is 0 Å². The van der Waals surface area contributed by atoms with Crippen LogP contribution in [0.3, 0.4) is 0 Å². The van der Waals surface area contributed by atoms with Gasteiger partial charge in [-0.25, -0.2) is 9.59 Å². The highest BCUT2D eigenvalue weighted by molar-refractivity contribution is 5.83. The lowest BCUT2D eigenvalue weighted by molar-refractivity contribution is -0.141. The number of nitrogens with one attached hydrogen (secondary N) is 2. The maximum atomic E-state index is 12.0. The molecular weight excluding hydrogens is 244 g/mol. The van der Waals surface area contributed by atoms with Crippen molar-refractivity contribution in [1.29, 1.82) is 0 Å². The Labute approximate surface area is 114 Å². The van der Waals surface area contributed by atoms with Crippen molar-refractivity contribution in [2.45, 2.75) is 58.5 Å². The van der Waals surface area contributed by atoms with Crippen molar-refractivity contribution in [3.05, 3.63) is 0 Å². The summed E-state index contributed by atoms with van der Waals surface area (Å²) in [6.45, 7) is 5.43. The fourth-order valence-corrected chi connectivity index (χ4v) is 3.41. The number of hydrogen-bond donors (Lipinski definition) is 3. The molecule has 2 saturated carbocycles. The van der Waals surface area contributed by atoms with Crippen LogP contribution in [0.2, 0.25) is 0 Å². The first-order valence-corrected chi connectivity index (χ1v) is 7.07. The normalized spacial score (nSPS) is 31.0. The third-order valence-electron chi connectivity index (χ3n) is 4.44. The molecule has 5 heteroatoms. The van der Waals surface area contributed by atoms with E-state index < -0.39 is 17.4 Å². The number of fused-ring (bicyclic) bond motifs is 2. The van der Waals surface area contributed by atoms with Gasteiger partial charge in [0, 0.05) is 6.04 Å². The number of carboxylic acid groups (broad SMARTS) is 1. The van der Waals surface area contributed by atoms with Crippen molar-refractivity contribution < 1.29 is 14.7 Å². The summed E-state index contributed by atoms with van der Waals surface area (Å²) in [4.78, 5) is 23.2. The summed E-state index contributed by atoms with van der Waals surface area (Å²) < 4.78 is 0. The van der Waals surface area contributed by atoms with Crippen LogP contribution in [0.15, 0.2) is 0 Å². The van der Waals surface area contributed by atoms with Crippen LogP contribution in [-0.2, 0) is 4.79 Å². The molecular formula is C14H24N2O3. The molecule has 3 unspecified atom stereocenters. The van der Waals surface area contributed by atoms with Gasteiger partial charge in [-0.15, -0.1) is 0 Å². The molecule has 19 heavy (non-hydrogen) atoms. The van der Waals surface area contributed by atoms with E-state index in [2.05, 4.69) is 10.6 Å². The number of urea groups is 1. The van der Waals surface area contributed by atoms with Gasteiger partial charge in [-0.3, -0.25) is 0 Å². The van der Waals surface area contributed by atoms with Crippen molar-refractivity contribution in [2.24, 2.45) is 17.3 Å². The average molecular weight is 268 g/mol. The first kappa shape index (κ1) is 14.2. The van der Waals surface area contributed by atoms with E-state index in [9.17, 15) is 14.7 Å². The van der Waals surface area contributed by atoms with Gasteiger partial charge in [0.05, 0.1) is 0 Å². The molecule has 0 saturated heterocycles. The molecule has 2 amide bonds. The molecule has 108 valence electrons. The molecule has 0 aromatic heterocycles. The first-order chi connectivity index (χ1) is 8.77. The predicted molar refractivity (Wildman–Crippen MR) is 71.8 cm³/mol. The third kappa shape index (κ3) is 3.19. The molecule has 0 spiro atoms. The maximum absolute atomic E-state index is 12.0. The number of aliphatic carboxylic acids is 1. The molecule has 2 bridgehead atoms. The second-order valence-corrected chi connectivity index (χ2v) is 7.04. The van der Waals surface area contributed by atoms with Crippen molar-refractivity contribution in [3.8, 4) is 0 Å². The number of carbonyl (C=O) groups excluding carboxylic acids is 1. The molecule has 0 aliphatic heterocycles. The van der Waals surface area contributed by atoms with Crippen LogP contribution in [0.5, 0.6) is 0 Å². The highest BCUT2D eigenvalue weighted by Crippen LogP contribution is 2.44. The fourth-order valence-electron chi connectivity index (χ4n) is 3.41. The van der Waals surface area contributed by atoms with E-state index in [1.807, 2.05) is 20.8 Å². The monoisotopic (exact) mass is 268 g/mol. The van der Waals surface area contributed by atoms with E-state index in [1.54, 1.807) is 0 Å². The minimum atomic E-state index is -0.990. The summed E-state index contributed by atoms with van der Waals surface area (Å²) in [6.07, 6.45) is 4.74. The van der Waals surface area contributed by atoms with E-state index in [4.69, 9.17) is 0 Å². The van der Waals surface area contributed by atoms with E-state index in [1.165, 1.54) is 19.3 Å². The highest BCUT2D eigenvalue weighted by atomic mass is 16.4. The molecule has 0 radical (unpaired) electrons. The van der Waals surface area contributed by atoms with Crippen molar-refractivity contribution in [1.82, 2.24) is 10.6 Å². The van der Waals surface area contributed by atoms with Gasteiger partial charge in [-0.05, 0) is 36.5 Å². The minimum absolute atomic E-state index is 0.230. The molecule has 2 aliphatic carbocycles. The number of amides is 2. The molecule has 2 rings (SSSR count). The number of carbonyl (C=O) groups is 2. The van der Waals surface area contributed by atoms with Crippen LogP contribution in [-0.4, -0.2) is 29.2 Å². The quantitative estimate of drug-likeness (QED) is 0.732. The van der Waals surface area contributed by atoms with Crippen LogP contribution in [0.1, 0.15) is 46.5 Å². The van der Waals surface area contributed by atoms with Gasteiger partial charge in [0.25, 0.3) is 0 Å². The van der Waals surface area contributed by atoms with Gasteiger partial charge >= 0.3 is 12.0 Å². The summed E-state index contributed by atoms with van der Waals surface area (Å²) in [5, 5.41) is 14.7. The molecule has 5 nitrogen and oxygen atoms in total.